The highest BCUT2D eigenvalue weighted by molar-refractivity contribution is 5.98. The maximum atomic E-state index is 2.46. The van der Waals surface area contributed by atoms with Crippen LogP contribution >= 0.6 is 0 Å². The topological polar surface area (TPSA) is 3.24 Å². The van der Waals surface area contributed by atoms with Crippen LogP contribution in [0.15, 0.2) is 188 Å². The quantitative estimate of drug-likeness (QED) is 0.177. The highest BCUT2D eigenvalue weighted by Crippen LogP contribution is 2.57. The normalized spacial score (nSPS) is 16.2. The van der Waals surface area contributed by atoms with Crippen molar-refractivity contribution in [3.05, 3.63) is 199 Å². The van der Waals surface area contributed by atoms with Gasteiger partial charge in [-0.2, -0.15) is 0 Å². The van der Waals surface area contributed by atoms with Crippen LogP contribution in [0.1, 0.15) is 30.9 Å². The van der Waals surface area contributed by atoms with Gasteiger partial charge in [0.1, 0.15) is 0 Å². The van der Waals surface area contributed by atoms with E-state index in [0.717, 1.165) is 24.2 Å². The molecule has 234 valence electrons. The highest BCUT2D eigenvalue weighted by atomic mass is 15.1. The van der Waals surface area contributed by atoms with E-state index < -0.39 is 0 Å². The lowest BCUT2D eigenvalue weighted by Gasteiger charge is -2.32. The van der Waals surface area contributed by atoms with Crippen molar-refractivity contribution in [3.63, 3.8) is 0 Å². The lowest BCUT2D eigenvalue weighted by Crippen LogP contribution is -2.23. The number of fused-ring (bicyclic) bond motifs is 4. The molecule has 49 heavy (non-hydrogen) atoms. The van der Waals surface area contributed by atoms with Gasteiger partial charge in [0.05, 0.1) is 5.69 Å². The molecule has 1 nitrogen and oxygen atoms in total. The molecular formula is C48H37N. The molecule has 7 aromatic rings. The zero-order valence-corrected chi connectivity index (χ0v) is 27.7. The number of hydrogen-bond donors (Lipinski definition) is 0. The van der Waals surface area contributed by atoms with Crippen molar-refractivity contribution in [1.29, 1.82) is 0 Å². The van der Waals surface area contributed by atoms with E-state index in [-0.39, 0.29) is 5.41 Å². The highest BCUT2D eigenvalue weighted by Gasteiger charge is 2.43. The maximum Gasteiger partial charge on any atom is 0.0543 e. The molecule has 0 saturated heterocycles. The first-order chi connectivity index (χ1) is 24.2. The third-order valence-corrected chi connectivity index (χ3v) is 10.6. The first-order valence-corrected chi connectivity index (χ1v) is 17.3. The van der Waals surface area contributed by atoms with Crippen LogP contribution in [0, 0.1) is 0 Å². The fraction of sp³-hybridized carbons (Fsp3) is 0.0833. The van der Waals surface area contributed by atoms with Crippen LogP contribution in [-0.2, 0) is 5.41 Å². The molecule has 0 N–H and O–H groups in total. The third-order valence-electron chi connectivity index (χ3n) is 10.6. The van der Waals surface area contributed by atoms with Gasteiger partial charge >= 0.3 is 0 Å². The van der Waals surface area contributed by atoms with Crippen LogP contribution in [0.4, 0.5) is 17.1 Å². The summed E-state index contributed by atoms with van der Waals surface area (Å²) in [5, 5.41) is 2.45. The molecule has 1 atom stereocenters. The summed E-state index contributed by atoms with van der Waals surface area (Å²) in [6.45, 7) is 2.42. The molecule has 7 aromatic carbocycles. The summed E-state index contributed by atoms with van der Waals surface area (Å²) in [5.74, 6) is 0. The Labute approximate surface area is 289 Å². The number of allylic oxidation sites excluding steroid dienone is 4. The van der Waals surface area contributed by atoms with Crippen LogP contribution < -0.4 is 4.90 Å². The minimum Gasteiger partial charge on any atom is -0.310 e. The smallest absolute Gasteiger partial charge is 0.0543 e. The maximum absolute atomic E-state index is 2.46. The Balaban J connectivity index is 1.24. The van der Waals surface area contributed by atoms with Gasteiger partial charge in [0, 0.05) is 22.4 Å². The van der Waals surface area contributed by atoms with Crippen molar-refractivity contribution in [1.82, 2.24) is 0 Å². The van der Waals surface area contributed by atoms with Crippen molar-refractivity contribution in [2.24, 2.45) is 0 Å². The molecule has 0 aliphatic heterocycles. The van der Waals surface area contributed by atoms with E-state index in [0.29, 0.717) is 0 Å². The molecule has 1 unspecified atom stereocenters. The van der Waals surface area contributed by atoms with Crippen molar-refractivity contribution in [3.8, 4) is 33.4 Å². The molecule has 0 fully saturated rings. The van der Waals surface area contributed by atoms with Gasteiger partial charge in [-0.05, 0) is 111 Å². The van der Waals surface area contributed by atoms with E-state index in [1.165, 1.54) is 66.5 Å². The molecule has 2 aliphatic carbocycles. The lowest BCUT2D eigenvalue weighted by atomic mass is 9.72. The van der Waals surface area contributed by atoms with E-state index in [2.05, 4.69) is 194 Å². The van der Waals surface area contributed by atoms with E-state index in [4.69, 9.17) is 0 Å². The van der Waals surface area contributed by atoms with Gasteiger partial charge in [-0.25, -0.2) is 0 Å². The Kier molecular flexibility index (Phi) is 7.13. The average molecular weight is 628 g/mol. The standard InChI is InChI=1S/C48H37N/c1-48(40-18-9-4-10-19-40)44-21-12-11-20-43(44)47-45(48)22-13-23-46(47)49(41-29-26-36(27-30-41)34-14-5-2-6-15-34)42-31-28-38-32-37(24-25-39(38)33-42)35-16-7-3-8-17-35/h2-3,5-9,11-33H,4,10H2,1H3. The summed E-state index contributed by atoms with van der Waals surface area (Å²) < 4.78 is 0. The van der Waals surface area contributed by atoms with E-state index in [1.54, 1.807) is 0 Å². The second-order valence-electron chi connectivity index (χ2n) is 13.4. The molecule has 1 heteroatoms. The summed E-state index contributed by atoms with van der Waals surface area (Å²) in [6.07, 6.45) is 9.34. The number of anilines is 3. The second kappa shape index (κ2) is 12.0. The summed E-state index contributed by atoms with van der Waals surface area (Å²) in [6, 6.07) is 60.0. The molecule has 2 aliphatic rings. The Morgan fingerprint density at radius 1 is 0.490 bits per heavy atom. The Morgan fingerprint density at radius 2 is 1.10 bits per heavy atom. The summed E-state index contributed by atoms with van der Waals surface area (Å²) in [7, 11) is 0. The van der Waals surface area contributed by atoms with Crippen molar-refractivity contribution in [2.75, 3.05) is 4.90 Å². The second-order valence-corrected chi connectivity index (χ2v) is 13.4. The largest absolute Gasteiger partial charge is 0.310 e. The molecule has 0 spiro atoms. The van der Waals surface area contributed by atoms with E-state index in [9.17, 15) is 0 Å². The number of benzene rings is 7. The molecule has 9 rings (SSSR count). The average Bonchev–Trinajstić information content (AvgIpc) is 3.45. The van der Waals surface area contributed by atoms with Crippen molar-refractivity contribution >= 4 is 27.8 Å². The number of nitrogens with zero attached hydrogens (tertiary/aromatic N) is 1. The molecular weight excluding hydrogens is 591 g/mol. The summed E-state index contributed by atoms with van der Waals surface area (Å²) in [4.78, 5) is 2.46. The van der Waals surface area contributed by atoms with E-state index in [1.807, 2.05) is 0 Å². The Morgan fingerprint density at radius 3 is 1.86 bits per heavy atom. The van der Waals surface area contributed by atoms with Gasteiger partial charge in [-0.3, -0.25) is 0 Å². The van der Waals surface area contributed by atoms with Crippen LogP contribution in [0.5, 0.6) is 0 Å². The lowest BCUT2D eigenvalue weighted by molar-refractivity contribution is 0.701. The third kappa shape index (κ3) is 4.93. The Hall–Kier alpha value is -5.92. The predicted octanol–water partition coefficient (Wildman–Crippen LogP) is 13.2. The van der Waals surface area contributed by atoms with E-state index >= 15 is 0 Å². The molecule has 0 saturated carbocycles. The predicted molar refractivity (Wildman–Crippen MR) is 208 cm³/mol. The molecule has 0 bridgehead atoms. The first-order valence-electron chi connectivity index (χ1n) is 17.3. The van der Waals surface area contributed by atoms with Crippen molar-refractivity contribution in [2.45, 2.75) is 25.2 Å². The van der Waals surface area contributed by atoms with Crippen molar-refractivity contribution < 1.29 is 0 Å². The van der Waals surface area contributed by atoms with Crippen LogP contribution in [0.25, 0.3) is 44.2 Å². The van der Waals surface area contributed by atoms with Gasteiger partial charge in [-0.1, -0.05) is 146 Å². The van der Waals surface area contributed by atoms with Crippen LogP contribution in [-0.4, -0.2) is 0 Å². The van der Waals surface area contributed by atoms with Gasteiger partial charge in [0.25, 0.3) is 0 Å². The van der Waals surface area contributed by atoms with Gasteiger partial charge in [0.2, 0.25) is 0 Å². The minimum absolute atomic E-state index is 0.223. The van der Waals surface area contributed by atoms with Gasteiger partial charge < -0.3 is 4.90 Å². The zero-order chi connectivity index (χ0) is 32.8. The van der Waals surface area contributed by atoms with Crippen LogP contribution in [0.3, 0.4) is 0 Å². The Bertz CT molecular complexity index is 2380. The summed E-state index contributed by atoms with van der Waals surface area (Å²) in [5.41, 5.74) is 14.9. The fourth-order valence-electron chi connectivity index (χ4n) is 8.05. The number of hydrogen-bond acceptors (Lipinski definition) is 1. The number of rotatable bonds is 6. The molecule has 0 aromatic heterocycles. The molecule has 0 heterocycles. The van der Waals surface area contributed by atoms with Crippen LogP contribution in [0.2, 0.25) is 0 Å². The zero-order valence-electron chi connectivity index (χ0n) is 27.7. The molecule has 0 radical (unpaired) electrons. The monoisotopic (exact) mass is 627 g/mol. The SMILES string of the molecule is CC1(C2=CCCC=C2)c2ccccc2-c2c(N(c3ccc(-c4ccccc4)cc3)c3ccc4cc(-c5ccccc5)ccc4c3)cccc21. The van der Waals surface area contributed by atoms with Gasteiger partial charge in [0.15, 0.2) is 0 Å². The summed E-state index contributed by atoms with van der Waals surface area (Å²) >= 11 is 0. The van der Waals surface area contributed by atoms with Gasteiger partial charge in [-0.15, -0.1) is 0 Å². The minimum atomic E-state index is -0.223. The fourth-order valence-corrected chi connectivity index (χ4v) is 8.05. The molecule has 0 amide bonds. The first kappa shape index (κ1) is 29.2.